The van der Waals surface area contributed by atoms with Crippen LogP contribution in [0.1, 0.15) is 24.2 Å². The zero-order valence-electron chi connectivity index (χ0n) is 11.7. The molecule has 0 aliphatic carbocycles. The first-order valence-electron chi connectivity index (χ1n) is 6.59. The van der Waals surface area contributed by atoms with Gasteiger partial charge in [-0.15, -0.1) is 10.2 Å². The van der Waals surface area contributed by atoms with Crippen molar-refractivity contribution >= 4 is 11.8 Å². The summed E-state index contributed by atoms with van der Waals surface area (Å²) in [4.78, 5) is 4.23. The van der Waals surface area contributed by atoms with E-state index in [0.717, 1.165) is 12.0 Å². The topological polar surface area (TPSA) is 77.8 Å². The molecule has 0 saturated carbocycles. The average Bonchev–Trinajstić information content (AvgIpc) is 3.15. The van der Waals surface area contributed by atoms with Gasteiger partial charge in [0.05, 0.1) is 5.75 Å². The molecule has 1 aromatic carbocycles. The van der Waals surface area contributed by atoms with Gasteiger partial charge < -0.3 is 8.94 Å². The van der Waals surface area contributed by atoms with Crippen molar-refractivity contribution in [1.29, 1.82) is 0 Å². The Morgan fingerprint density at radius 1 is 1.14 bits per heavy atom. The molecule has 2 aromatic heterocycles. The van der Waals surface area contributed by atoms with Crippen molar-refractivity contribution in [3.8, 4) is 11.5 Å². The van der Waals surface area contributed by atoms with Crippen LogP contribution in [0.3, 0.4) is 0 Å². The van der Waals surface area contributed by atoms with Crippen LogP contribution in [0.25, 0.3) is 11.5 Å². The fraction of sp³-hybridized carbons (Fsp3) is 0.286. The Kier molecular flexibility index (Phi) is 4.01. The molecule has 0 aliphatic rings. The minimum absolute atomic E-state index is 0.488. The third-order valence-corrected chi connectivity index (χ3v) is 3.65. The number of hydrogen-bond donors (Lipinski definition) is 0. The summed E-state index contributed by atoms with van der Waals surface area (Å²) in [6.45, 7) is 4.02. The van der Waals surface area contributed by atoms with Crippen molar-refractivity contribution < 1.29 is 8.94 Å². The molecule has 0 N–H and O–H groups in total. The number of hydrogen-bond acceptors (Lipinski definition) is 7. The van der Waals surface area contributed by atoms with Crippen molar-refractivity contribution in [2.24, 2.45) is 0 Å². The van der Waals surface area contributed by atoms with Crippen LogP contribution in [-0.2, 0) is 12.2 Å². The SMILES string of the molecule is CCc1noc(CSc2nnc(-c3ccc(C)cc3)o2)n1. The summed E-state index contributed by atoms with van der Waals surface area (Å²) in [5.41, 5.74) is 2.10. The predicted octanol–water partition coefficient (Wildman–Crippen LogP) is 3.28. The highest BCUT2D eigenvalue weighted by atomic mass is 32.2. The van der Waals surface area contributed by atoms with E-state index in [4.69, 9.17) is 8.94 Å². The first kappa shape index (κ1) is 13.8. The van der Waals surface area contributed by atoms with Crippen LogP contribution in [0, 0.1) is 6.92 Å². The fourth-order valence-corrected chi connectivity index (χ4v) is 2.30. The van der Waals surface area contributed by atoms with Crippen LogP contribution in [0.5, 0.6) is 0 Å². The second-order valence-electron chi connectivity index (χ2n) is 4.49. The highest BCUT2D eigenvalue weighted by molar-refractivity contribution is 7.98. The lowest BCUT2D eigenvalue weighted by atomic mass is 10.1. The monoisotopic (exact) mass is 302 g/mol. The van der Waals surface area contributed by atoms with Crippen LogP contribution in [0.2, 0.25) is 0 Å². The number of rotatable bonds is 5. The normalized spacial score (nSPS) is 11.0. The van der Waals surface area contributed by atoms with Gasteiger partial charge in [0.1, 0.15) is 0 Å². The molecular weight excluding hydrogens is 288 g/mol. The van der Waals surface area contributed by atoms with Crippen LogP contribution >= 0.6 is 11.8 Å². The molecule has 0 amide bonds. The molecule has 3 aromatic rings. The van der Waals surface area contributed by atoms with E-state index in [1.165, 1.54) is 17.3 Å². The van der Waals surface area contributed by atoms with Gasteiger partial charge in [-0.3, -0.25) is 0 Å². The van der Waals surface area contributed by atoms with Crippen LogP contribution in [0.4, 0.5) is 0 Å². The summed E-state index contributed by atoms with van der Waals surface area (Å²) < 4.78 is 10.7. The number of aromatic nitrogens is 4. The van der Waals surface area contributed by atoms with E-state index in [0.29, 0.717) is 28.6 Å². The van der Waals surface area contributed by atoms with Gasteiger partial charge in [-0.05, 0) is 19.1 Å². The molecular formula is C14H14N4O2S. The summed E-state index contributed by atoms with van der Waals surface area (Å²) >= 11 is 1.38. The molecule has 3 rings (SSSR count). The third kappa shape index (κ3) is 3.30. The Hall–Kier alpha value is -2.15. The number of aryl methyl sites for hydroxylation is 2. The molecule has 0 spiro atoms. The molecule has 108 valence electrons. The first-order chi connectivity index (χ1) is 10.2. The van der Waals surface area contributed by atoms with Crippen molar-refractivity contribution in [1.82, 2.24) is 20.3 Å². The molecule has 0 aliphatic heterocycles. The quantitative estimate of drug-likeness (QED) is 0.669. The summed E-state index contributed by atoms with van der Waals surface area (Å²) in [5, 5.41) is 12.4. The molecule has 7 heteroatoms. The number of nitrogens with zero attached hydrogens (tertiary/aromatic N) is 4. The highest BCUT2D eigenvalue weighted by Gasteiger charge is 2.11. The zero-order valence-corrected chi connectivity index (χ0v) is 12.6. The Morgan fingerprint density at radius 2 is 1.95 bits per heavy atom. The van der Waals surface area contributed by atoms with Gasteiger partial charge >= 0.3 is 0 Å². The molecule has 0 saturated heterocycles. The zero-order chi connectivity index (χ0) is 14.7. The van der Waals surface area contributed by atoms with Crippen LogP contribution in [0.15, 0.2) is 38.4 Å². The van der Waals surface area contributed by atoms with E-state index in [-0.39, 0.29) is 0 Å². The van der Waals surface area contributed by atoms with Crippen molar-refractivity contribution in [3.63, 3.8) is 0 Å². The Bertz CT molecular complexity index is 721. The smallest absolute Gasteiger partial charge is 0.277 e. The lowest BCUT2D eigenvalue weighted by molar-refractivity contribution is 0.384. The van der Waals surface area contributed by atoms with Gasteiger partial charge in [0, 0.05) is 12.0 Å². The van der Waals surface area contributed by atoms with Crippen molar-refractivity contribution in [3.05, 3.63) is 41.5 Å². The van der Waals surface area contributed by atoms with E-state index >= 15 is 0 Å². The minimum Gasteiger partial charge on any atom is -0.411 e. The second-order valence-corrected chi connectivity index (χ2v) is 5.41. The number of benzene rings is 1. The molecule has 0 radical (unpaired) electrons. The van der Waals surface area contributed by atoms with E-state index in [1.54, 1.807) is 0 Å². The van der Waals surface area contributed by atoms with E-state index < -0.39 is 0 Å². The van der Waals surface area contributed by atoms with Gasteiger partial charge in [0.2, 0.25) is 11.8 Å². The Balaban J connectivity index is 1.66. The van der Waals surface area contributed by atoms with Gasteiger partial charge in [-0.2, -0.15) is 4.98 Å². The van der Waals surface area contributed by atoms with Gasteiger partial charge in [0.15, 0.2) is 5.82 Å². The maximum absolute atomic E-state index is 5.62. The largest absolute Gasteiger partial charge is 0.411 e. The Morgan fingerprint density at radius 3 is 2.67 bits per heavy atom. The first-order valence-corrected chi connectivity index (χ1v) is 7.58. The highest BCUT2D eigenvalue weighted by Crippen LogP contribution is 2.25. The maximum atomic E-state index is 5.62. The predicted molar refractivity (Wildman–Crippen MR) is 77.7 cm³/mol. The minimum atomic E-state index is 0.488. The molecule has 2 heterocycles. The molecule has 0 bridgehead atoms. The van der Waals surface area contributed by atoms with Crippen molar-refractivity contribution in [2.75, 3.05) is 0 Å². The number of thioether (sulfide) groups is 1. The second kappa shape index (κ2) is 6.09. The summed E-state index contributed by atoms with van der Waals surface area (Å²) in [6.07, 6.45) is 0.756. The van der Waals surface area contributed by atoms with Crippen LogP contribution < -0.4 is 0 Å². The van der Waals surface area contributed by atoms with Crippen molar-refractivity contribution in [2.45, 2.75) is 31.2 Å². The Labute approximate surface area is 126 Å². The van der Waals surface area contributed by atoms with E-state index in [9.17, 15) is 0 Å². The molecule has 6 nitrogen and oxygen atoms in total. The molecule has 0 fully saturated rings. The van der Waals surface area contributed by atoms with Gasteiger partial charge in [-0.1, -0.05) is 41.5 Å². The third-order valence-electron chi connectivity index (χ3n) is 2.85. The van der Waals surface area contributed by atoms with E-state index in [2.05, 4.69) is 20.3 Å². The summed E-state index contributed by atoms with van der Waals surface area (Å²) in [5.74, 6) is 2.29. The lowest BCUT2D eigenvalue weighted by Gasteiger charge is -1.95. The summed E-state index contributed by atoms with van der Waals surface area (Å²) in [6, 6.07) is 7.94. The standard InChI is InChI=1S/C14H14N4O2S/c1-3-11-15-12(20-18-11)8-21-14-17-16-13(19-14)10-6-4-9(2)5-7-10/h4-7H,3,8H2,1-2H3. The van der Waals surface area contributed by atoms with Gasteiger partial charge in [0.25, 0.3) is 5.22 Å². The fourth-order valence-electron chi connectivity index (χ4n) is 1.70. The molecule has 21 heavy (non-hydrogen) atoms. The van der Waals surface area contributed by atoms with E-state index in [1.807, 2.05) is 38.1 Å². The molecule has 0 atom stereocenters. The average molecular weight is 302 g/mol. The molecule has 0 unspecified atom stereocenters. The van der Waals surface area contributed by atoms with Gasteiger partial charge in [-0.25, -0.2) is 0 Å². The maximum Gasteiger partial charge on any atom is 0.277 e. The van der Waals surface area contributed by atoms with Crippen LogP contribution in [-0.4, -0.2) is 20.3 Å². The summed E-state index contributed by atoms with van der Waals surface area (Å²) in [7, 11) is 0. The lowest BCUT2D eigenvalue weighted by Crippen LogP contribution is -1.84.